The van der Waals surface area contributed by atoms with E-state index in [0.29, 0.717) is 18.5 Å². The van der Waals surface area contributed by atoms with E-state index < -0.39 is 25.8 Å². The van der Waals surface area contributed by atoms with Crippen molar-refractivity contribution in [2.24, 2.45) is 0 Å². The van der Waals surface area contributed by atoms with E-state index >= 15 is 0 Å². The molecule has 3 N–H and O–H groups in total. The molecule has 0 rings (SSSR count). The van der Waals surface area contributed by atoms with Gasteiger partial charge in [0.15, 0.2) is 0 Å². The van der Waals surface area contributed by atoms with Crippen LogP contribution in [-0.2, 0) is 14.4 Å². The molecule has 6 nitrogen and oxygen atoms in total. The van der Waals surface area contributed by atoms with Gasteiger partial charge in [0.1, 0.15) is 0 Å². The molecule has 0 aliphatic rings. The summed E-state index contributed by atoms with van der Waals surface area (Å²) in [4.78, 5) is 31.1. The maximum Gasteiger partial charge on any atom is 1.00 e. The van der Waals surface area contributed by atoms with E-state index in [1.165, 1.54) is 0 Å². The average molecular weight is 274 g/mol. The van der Waals surface area contributed by atoms with Gasteiger partial charge < -0.3 is 16.7 Å². The van der Waals surface area contributed by atoms with Gasteiger partial charge in [-0.15, -0.1) is 7.92 Å². The van der Waals surface area contributed by atoms with Crippen molar-refractivity contribution in [3.8, 4) is 0 Å². The van der Waals surface area contributed by atoms with Crippen LogP contribution in [-0.4, -0.2) is 51.7 Å². The van der Waals surface area contributed by atoms with Gasteiger partial charge in [0.05, 0.1) is 0 Å². The first-order chi connectivity index (χ1) is 7.41. The van der Waals surface area contributed by atoms with Crippen LogP contribution in [0.2, 0.25) is 0 Å². The summed E-state index contributed by atoms with van der Waals surface area (Å²) in [6.07, 6.45) is 1.11. The van der Waals surface area contributed by atoms with Crippen molar-refractivity contribution >= 4 is 25.8 Å². The summed E-state index contributed by atoms with van der Waals surface area (Å²) >= 11 is 0. The van der Waals surface area contributed by atoms with E-state index in [9.17, 15) is 14.4 Å². The molecule has 0 saturated carbocycles. The van der Waals surface area contributed by atoms with Crippen LogP contribution in [0.15, 0.2) is 0 Å². The number of aliphatic carboxylic acids is 3. The van der Waals surface area contributed by atoms with Crippen molar-refractivity contribution < 1.29 is 60.7 Å². The predicted octanol–water partition coefficient (Wildman–Crippen LogP) is -1.99. The third-order valence-electron chi connectivity index (χ3n) is 1.93. The molecule has 0 unspecified atom stereocenters. The largest absolute Gasteiger partial charge is 1.00 e. The normalized spacial score (nSPS) is 9.71. The van der Waals surface area contributed by atoms with Crippen LogP contribution in [0, 0.1) is 0 Å². The zero-order valence-corrected chi connectivity index (χ0v) is 12.7. The van der Waals surface area contributed by atoms with Crippen molar-refractivity contribution in [2.45, 2.75) is 19.3 Å². The SMILES string of the molecule is O=C(O)CCP(CCC(=O)O)CCC(=O)O.[H-].[Na+]. The van der Waals surface area contributed by atoms with Crippen LogP contribution in [0.5, 0.6) is 0 Å². The van der Waals surface area contributed by atoms with Gasteiger partial charge in [0.25, 0.3) is 0 Å². The minimum absolute atomic E-state index is 0. The Morgan fingerprint density at radius 2 is 1.00 bits per heavy atom. The summed E-state index contributed by atoms with van der Waals surface area (Å²) in [6, 6.07) is 0. The molecule has 0 bridgehead atoms. The number of carbonyl (C=O) groups is 3. The van der Waals surface area contributed by atoms with Crippen LogP contribution in [0.1, 0.15) is 20.7 Å². The van der Waals surface area contributed by atoms with E-state index in [2.05, 4.69) is 0 Å². The van der Waals surface area contributed by atoms with Gasteiger partial charge in [-0.1, -0.05) is 0 Å². The molecule has 0 amide bonds. The van der Waals surface area contributed by atoms with E-state index in [4.69, 9.17) is 15.3 Å². The molecular formula is C9H16NaO6P. The number of rotatable bonds is 9. The quantitative estimate of drug-likeness (QED) is 0.331. The molecule has 0 heterocycles. The molecular weight excluding hydrogens is 258 g/mol. The third-order valence-corrected chi connectivity index (χ3v) is 4.49. The van der Waals surface area contributed by atoms with Gasteiger partial charge >= 0.3 is 47.5 Å². The molecule has 8 heteroatoms. The number of hydrogen-bond acceptors (Lipinski definition) is 3. The second kappa shape index (κ2) is 11.0. The molecule has 0 spiro atoms. The summed E-state index contributed by atoms with van der Waals surface area (Å²) in [5.74, 6) is -2.80. The maximum atomic E-state index is 10.4. The van der Waals surface area contributed by atoms with E-state index in [-0.39, 0.29) is 50.2 Å². The molecule has 0 aliphatic heterocycles. The molecule has 0 aromatic heterocycles. The topological polar surface area (TPSA) is 112 Å². The first-order valence-electron chi connectivity index (χ1n) is 4.79. The molecule has 0 aliphatic carbocycles. The number of carboxylic acids is 3. The second-order valence-electron chi connectivity index (χ2n) is 3.27. The van der Waals surface area contributed by atoms with Gasteiger partial charge in [-0.05, 0) is 18.5 Å². The number of hydrogen-bond donors (Lipinski definition) is 3. The summed E-state index contributed by atoms with van der Waals surface area (Å²) < 4.78 is 0. The second-order valence-corrected chi connectivity index (χ2v) is 5.96. The zero-order chi connectivity index (χ0) is 12.6. The Morgan fingerprint density at radius 1 is 0.765 bits per heavy atom. The maximum absolute atomic E-state index is 10.4. The Hall–Kier alpha value is -0.160. The van der Waals surface area contributed by atoms with Crippen LogP contribution in [0.4, 0.5) is 0 Å². The number of carboxylic acid groups (broad SMARTS) is 3. The van der Waals surface area contributed by atoms with E-state index in [1.54, 1.807) is 0 Å². The summed E-state index contributed by atoms with van der Waals surface area (Å²) in [6.45, 7) is 0. The first-order valence-corrected chi connectivity index (χ1v) is 6.69. The smallest absolute Gasteiger partial charge is 1.00 e. The van der Waals surface area contributed by atoms with Crippen molar-refractivity contribution in [2.75, 3.05) is 18.5 Å². The molecule has 0 radical (unpaired) electrons. The molecule has 17 heavy (non-hydrogen) atoms. The van der Waals surface area contributed by atoms with Crippen molar-refractivity contribution in [3.05, 3.63) is 0 Å². The summed E-state index contributed by atoms with van der Waals surface area (Å²) in [5, 5.41) is 25.5. The van der Waals surface area contributed by atoms with Crippen LogP contribution in [0.3, 0.4) is 0 Å². The third kappa shape index (κ3) is 13.8. The van der Waals surface area contributed by atoms with Crippen LogP contribution >= 0.6 is 7.92 Å². The molecule has 94 valence electrons. The van der Waals surface area contributed by atoms with Crippen molar-refractivity contribution in [1.82, 2.24) is 0 Å². The standard InChI is InChI=1S/C9H15O6P.Na.H/c10-7(11)1-4-16(5-2-8(12)13)6-3-9(14)15;;/h1-6H2,(H,10,11)(H,12,13)(H,14,15);;/q;+1;-1. The van der Waals surface area contributed by atoms with E-state index in [1.807, 2.05) is 0 Å². The molecule has 0 aromatic carbocycles. The average Bonchev–Trinajstić information content (AvgIpc) is 2.15. The van der Waals surface area contributed by atoms with Crippen molar-refractivity contribution in [3.63, 3.8) is 0 Å². The Bertz CT molecular complexity index is 233. The van der Waals surface area contributed by atoms with Gasteiger partial charge in [-0.25, -0.2) is 0 Å². The van der Waals surface area contributed by atoms with Gasteiger partial charge in [0, 0.05) is 19.3 Å². The van der Waals surface area contributed by atoms with Crippen molar-refractivity contribution in [1.29, 1.82) is 0 Å². The van der Waals surface area contributed by atoms with Crippen LogP contribution < -0.4 is 29.6 Å². The Kier molecular flexibility index (Phi) is 12.4. The Morgan fingerprint density at radius 3 is 1.18 bits per heavy atom. The monoisotopic (exact) mass is 274 g/mol. The summed E-state index contributed by atoms with van der Waals surface area (Å²) in [5.41, 5.74) is 0. The fourth-order valence-electron chi connectivity index (χ4n) is 1.10. The minimum Gasteiger partial charge on any atom is -1.00 e. The summed E-state index contributed by atoms with van der Waals surface area (Å²) in [7, 11) is -0.801. The van der Waals surface area contributed by atoms with Gasteiger partial charge in [-0.3, -0.25) is 14.4 Å². The van der Waals surface area contributed by atoms with Crippen LogP contribution in [0.25, 0.3) is 0 Å². The van der Waals surface area contributed by atoms with Gasteiger partial charge in [0.2, 0.25) is 0 Å². The Balaban J connectivity index is -0.00000112. The van der Waals surface area contributed by atoms with Gasteiger partial charge in [-0.2, -0.15) is 0 Å². The Labute approximate surface area is 124 Å². The molecule has 0 fully saturated rings. The zero-order valence-electron chi connectivity index (χ0n) is 10.8. The predicted molar refractivity (Wildman–Crippen MR) is 59.4 cm³/mol. The minimum atomic E-state index is -0.932. The van der Waals surface area contributed by atoms with E-state index in [0.717, 1.165) is 0 Å². The molecule has 0 aromatic rings. The molecule has 0 atom stereocenters. The first kappa shape index (κ1) is 19.2. The fourth-order valence-corrected chi connectivity index (χ4v) is 3.29. The molecule has 0 saturated heterocycles. The fraction of sp³-hybridized carbons (Fsp3) is 0.667.